The number of aromatic nitrogens is 1. The Morgan fingerprint density at radius 1 is 0.260 bits per heavy atom. The number of hydrogen-bond donors (Lipinski definition) is 0. The molecule has 232 valence electrons. The smallest absolute Gasteiger partial charge is 0.0794 e. The third-order valence-electron chi connectivity index (χ3n) is 10.2. The fraction of sp³-hybridized carbons (Fsp3) is 0. The first-order valence-electron chi connectivity index (χ1n) is 17.2. The van der Waals surface area contributed by atoms with Gasteiger partial charge in [-0.25, -0.2) is 4.98 Å². The molecule has 0 unspecified atom stereocenters. The highest BCUT2D eigenvalue weighted by atomic mass is 14.7. The number of rotatable bonds is 4. The van der Waals surface area contributed by atoms with Crippen LogP contribution in [0.4, 0.5) is 0 Å². The molecule has 10 aromatic rings. The minimum atomic E-state index is 0.979. The van der Waals surface area contributed by atoms with Gasteiger partial charge in [-0.3, -0.25) is 0 Å². The Kier molecular flexibility index (Phi) is 6.57. The highest BCUT2D eigenvalue weighted by molar-refractivity contribution is 6.24. The van der Waals surface area contributed by atoms with Crippen LogP contribution < -0.4 is 0 Å². The van der Waals surface area contributed by atoms with E-state index in [1.54, 1.807) is 0 Å². The van der Waals surface area contributed by atoms with Crippen LogP contribution in [0.1, 0.15) is 0 Å². The van der Waals surface area contributed by atoms with E-state index in [2.05, 4.69) is 188 Å². The van der Waals surface area contributed by atoms with Gasteiger partial charge in [-0.1, -0.05) is 158 Å². The second-order valence-corrected chi connectivity index (χ2v) is 13.1. The van der Waals surface area contributed by atoms with Gasteiger partial charge in [-0.2, -0.15) is 0 Å². The van der Waals surface area contributed by atoms with Crippen molar-refractivity contribution in [3.8, 4) is 44.6 Å². The van der Waals surface area contributed by atoms with Gasteiger partial charge < -0.3 is 0 Å². The summed E-state index contributed by atoms with van der Waals surface area (Å²) in [6, 6.07) is 68.1. The van der Waals surface area contributed by atoms with E-state index in [0.29, 0.717) is 0 Å². The maximum absolute atomic E-state index is 5.29. The summed E-state index contributed by atoms with van der Waals surface area (Å²) >= 11 is 0. The Hall–Kier alpha value is -6.57. The highest BCUT2D eigenvalue weighted by Crippen LogP contribution is 2.38. The number of pyridine rings is 1. The summed E-state index contributed by atoms with van der Waals surface area (Å²) < 4.78 is 0. The van der Waals surface area contributed by atoms with Crippen molar-refractivity contribution in [2.75, 3.05) is 0 Å². The zero-order valence-corrected chi connectivity index (χ0v) is 27.3. The molecule has 0 saturated carbocycles. The second kappa shape index (κ2) is 11.5. The topological polar surface area (TPSA) is 12.9 Å². The van der Waals surface area contributed by atoms with Gasteiger partial charge in [-0.05, 0) is 101 Å². The van der Waals surface area contributed by atoms with Crippen LogP contribution in [0.3, 0.4) is 0 Å². The number of benzene rings is 9. The fourth-order valence-corrected chi connectivity index (χ4v) is 7.79. The Labute approximate surface area is 290 Å². The number of fused-ring (bicyclic) bond motifs is 9. The molecule has 1 heteroatoms. The molecule has 50 heavy (non-hydrogen) atoms. The zero-order valence-electron chi connectivity index (χ0n) is 27.3. The minimum absolute atomic E-state index is 0.979. The number of hydrogen-bond acceptors (Lipinski definition) is 1. The average Bonchev–Trinajstić information content (AvgIpc) is 3.20. The Morgan fingerprint density at radius 3 is 1.40 bits per heavy atom. The van der Waals surface area contributed by atoms with Crippen LogP contribution in [0.2, 0.25) is 0 Å². The maximum atomic E-state index is 5.29. The molecule has 9 aromatic carbocycles. The lowest BCUT2D eigenvalue weighted by atomic mass is 9.92. The predicted molar refractivity (Wildman–Crippen MR) is 214 cm³/mol. The molecule has 0 atom stereocenters. The molecule has 0 aliphatic carbocycles. The SMILES string of the molecule is c1cc(-c2ccc(-c3cc4ccccc4c4ccccc34)cc2)cc(-c2cccc(-c3ccc4c5ccccc5c5ccccc5c4n3)c2)c1. The van der Waals surface area contributed by atoms with Crippen LogP contribution >= 0.6 is 0 Å². The molecule has 10 rings (SSSR count). The molecular formula is C49H31N. The van der Waals surface area contributed by atoms with Gasteiger partial charge in [0.25, 0.3) is 0 Å². The van der Waals surface area contributed by atoms with Crippen LogP contribution in [0.5, 0.6) is 0 Å². The first kappa shape index (κ1) is 28.4. The summed E-state index contributed by atoms with van der Waals surface area (Å²) in [6.45, 7) is 0. The summed E-state index contributed by atoms with van der Waals surface area (Å²) in [5.41, 5.74) is 10.4. The van der Waals surface area contributed by atoms with Crippen molar-refractivity contribution in [3.05, 3.63) is 188 Å². The van der Waals surface area contributed by atoms with E-state index >= 15 is 0 Å². The summed E-state index contributed by atoms with van der Waals surface area (Å²) in [7, 11) is 0. The van der Waals surface area contributed by atoms with Crippen molar-refractivity contribution in [2.24, 2.45) is 0 Å². The molecular weight excluding hydrogens is 603 g/mol. The summed E-state index contributed by atoms with van der Waals surface area (Å²) in [6.07, 6.45) is 0. The first-order valence-corrected chi connectivity index (χ1v) is 17.2. The molecule has 0 bridgehead atoms. The van der Waals surface area contributed by atoms with Gasteiger partial charge in [0, 0.05) is 16.3 Å². The third kappa shape index (κ3) is 4.67. The lowest BCUT2D eigenvalue weighted by molar-refractivity contribution is 1.41. The van der Waals surface area contributed by atoms with Crippen molar-refractivity contribution in [2.45, 2.75) is 0 Å². The van der Waals surface area contributed by atoms with Gasteiger partial charge in [0.2, 0.25) is 0 Å². The van der Waals surface area contributed by atoms with E-state index in [1.807, 2.05) is 0 Å². The lowest BCUT2D eigenvalue weighted by Gasteiger charge is -2.13. The van der Waals surface area contributed by atoms with Crippen LogP contribution in [-0.4, -0.2) is 4.98 Å². The van der Waals surface area contributed by atoms with Crippen molar-refractivity contribution in [1.82, 2.24) is 4.98 Å². The van der Waals surface area contributed by atoms with Crippen molar-refractivity contribution in [3.63, 3.8) is 0 Å². The molecule has 1 nitrogen and oxygen atoms in total. The molecule has 0 N–H and O–H groups in total. The van der Waals surface area contributed by atoms with Gasteiger partial charge in [-0.15, -0.1) is 0 Å². The standard InChI is InChI=1S/C49H31N/c1-2-16-39-37(11-1)31-47(44-21-6-3-17-40(39)44)33-25-23-32(24-26-33)34-12-9-13-35(29-34)36-14-10-15-38(30-36)48-28-27-46-43-20-5-4-18-41(43)42-19-7-8-22-45(42)49(46)50-48/h1-31H. The summed E-state index contributed by atoms with van der Waals surface area (Å²) in [4.78, 5) is 5.29. The lowest BCUT2D eigenvalue weighted by Crippen LogP contribution is -1.90. The molecule has 0 amide bonds. The highest BCUT2D eigenvalue weighted by Gasteiger charge is 2.13. The fourth-order valence-electron chi connectivity index (χ4n) is 7.79. The van der Waals surface area contributed by atoms with E-state index in [4.69, 9.17) is 4.98 Å². The first-order chi connectivity index (χ1) is 24.8. The van der Waals surface area contributed by atoms with Crippen molar-refractivity contribution >= 4 is 54.0 Å². The zero-order chi connectivity index (χ0) is 33.0. The van der Waals surface area contributed by atoms with Crippen LogP contribution in [0, 0.1) is 0 Å². The van der Waals surface area contributed by atoms with Crippen LogP contribution in [-0.2, 0) is 0 Å². The van der Waals surface area contributed by atoms with E-state index in [1.165, 1.54) is 81.9 Å². The van der Waals surface area contributed by atoms with Crippen molar-refractivity contribution in [1.29, 1.82) is 0 Å². The minimum Gasteiger partial charge on any atom is -0.247 e. The summed E-state index contributed by atoms with van der Waals surface area (Å²) in [5.74, 6) is 0. The molecule has 0 fully saturated rings. The van der Waals surface area contributed by atoms with Gasteiger partial charge >= 0.3 is 0 Å². The predicted octanol–water partition coefficient (Wildman–Crippen LogP) is 13.5. The molecule has 0 spiro atoms. The number of nitrogens with zero attached hydrogens (tertiary/aromatic N) is 1. The molecule has 1 heterocycles. The van der Waals surface area contributed by atoms with Crippen molar-refractivity contribution < 1.29 is 0 Å². The maximum Gasteiger partial charge on any atom is 0.0794 e. The molecule has 0 aliphatic rings. The van der Waals surface area contributed by atoms with E-state index in [9.17, 15) is 0 Å². The summed E-state index contributed by atoms with van der Waals surface area (Å²) in [5, 5.41) is 11.3. The van der Waals surface area contributed by atoms with E-state index in [0.717, 1.165) is 16.8 Å². The monoisotopic (exact) mass is 633 g/mol. The Morgan fingerprint density at radius 2 is 0.720 bits per heavy atom. The molecule has 1 aromatic heterocycles. The molecule has 0 radical (unpaired) electrons. The Bertz CT molecular complexity index is 2880. The largest absolute Gasteiger partial charge is 0.247 e. The van der Waals surface area contributed by atoms with Crippen LogP contribution in [0.15, 0.2) is 188 Å². The van der Waals surface area contributed by atoms with Gasteiger partial charge in [0.15, 0.2) is 0 Å². The van der Waals surface area contributed by atoms with Crippen LogP contribution in [0.25, 0.3) is 98.6 Å². The quantitative estimate of drug-likeness (QED) is 0.176. The Balaban J connectivity index is 1.01. The average molecular weight is 634 g/mol. The molecule has 0 aliphatic heterocycles. The second-order valence-electron chi connectivity index (χ2n) is 13.1. The van der Waals surface area contributed by atoms with E-state index in [-0.39, 0.29) is 0 Å². The van der Waals surface area contributed by atoms with Gasteiger partial charge in [0.05, 0.1) is 11.2 Å². The van der Waals surface area contributed by atoms with Gasteiger partial charge in [0.1, 0.15) is 0 Å². The third-order valence-corrected chi connectivity index (χ3v) is 10.2. The molecule has 0 saturated heterocycles. The normalized spacial score (nSPS) is 11.6. The van der Waals surface area contributed by atoms with E-state index < -0.39 is 0 Å².